The van der Waals surface area contributed by atoms with Crippen LogP contribution in [-0.2, 0) is 14.8 Å². The summed E-state index contributed by atoms with van der Waals surface area (Å²) in [5.41, 5.74) is 0.307. The van der Waals surface area contributed by atoms with E-state index in [1.54, 1.807) is 6.92 Å². The maximum Gasteiger partial charge on any atom is 0.411 e. The lowest BCUT2D eigenvalue weighted by Gasteiger charge is -2.23. The fourth-order valence-electron chi connectivity index (χ4n) is 2.19. The van der Waals surface area contributed by atoms with Gasteiger partial charge in [0.2, 0.25) is 0 Å². The summed E-state index contributed by atoms with van der Waals surface area (Å²) in [4.78, 5) is 25.9. The number of carbonyl (C=O) groups is 2. The SMILES string of the molecule is CCN(c1ccnc(C(=O)O)c1)S(=O)(=O)c1ccc(NC(=O)OC)cc1. The number of carboxylic acids is 1. The Balaban J connectivity index is 2.36. The first-order chi connectivity index (χ1) is 12.3. The maximum absolute atomic E-state index is 12.9. The Labute approximate surface area is 150 Å². The minimum Gasteiger partial charge on any atom is -0.477 e. The topological polar surface area (TPSA) is 126 Å². The van der Waals surface area contributed by atoms with Crippen molar-refractivity contribution in [2.24, 2.45) is 0 Å². The van der Waals surface area contributed by atoms with E-state index in [0.717, 1.165) is 4.31 Å². The lowest BCUT2D eigenvalue weighted by molar-refractivity contribution is 0.0690. The van der Waals surface area contributed by atoms with E-state index in [2.05, 4.69) is 15.0 Å². The fraction of sp³-hybridized carbons (Fsp3) is 0.188. The third-order valence-electron chi connectivity index (χ3n) is 3.41. The summed E-state index contributed by atoms with van der Waals surface area (Å²) in [5, 5.41) is 11.5. The Morgan fingerprint density at radius 2 is 1.88 bits per heavy atom. The summed E-state index contributed by atoms with van der Waals surface area (Å²) < 4.78 is 31.3. The van der Waals surface area contributed by atoms with E-state index in [0.29, 0.717) is 5.69 Å². The number of benzene rings is 1. The van der Waals surface area contributed by atoms with Gasteiger partial charge >= 0.3 is 12.1 Å². The Kier molecular flexibility index (Phi) is 5.78. The summed E-state index contributed by atoms with van der Waals surface area (Å²) >= 11 is 0. The predicted molar refractivity (Wildman–Crippen MR) is 93.9 cm³/mol. The zero-order valence-electron chi connectivity index (χ0n) is 14.0. The van der Waals surface area contributed by atoms with Crippen molar-refractivity contribution in [3.8, 4) is 0 Å². The number of anilines is 2. The molecule has 138 valence electrons. The number of carbonyl (C=O) groups excluding carboxylic acids is 1. The number of ether oxygens (including phenoxy) is 1. The minimum absolute atomic E-state index is 0.0107. The standard InChI is InChI=1S/C16H17N3O6S/c1-3-19(12-8-9-17-14(10-12)15(20)21)26(23,24)13-6-4-11(5-7-13)18-16(22)25-2/h4-10H,3H2,1-2H3,(H,18,22)(H,20,21). The molecule has 0 aliphatic heterocycles. The summed E-state index contributed by atoms with van der Waals surface area (Å²) in [5.74, 6) is -1.25. The fourth-order valence-corrected chi connectivity index (χ4v) is 3.65. The van der Waals surface area contributed by atoms with Gasteiger partial charge in [0.15, 0.2) is 0 Å². The first kappa shape index (κ1) is 19.2. The molecule has 0 bridgehead atoms. The molecule has 0 fully saturated rings. The number of sulfonamides is 1. The highest BCUT2D eigenvalue weighted by Gasteiger charge is 2.24. The number of methoxy groups -OCH3 is 1. The maximum atomic E-state index is 12.9. The number of aromatic carboxylic acids is 1. The average molecular weight is 379 g/mol. The van der Waals surface area contributed by atoms with Crippen molar-refractivity contribution in [2.45, 2.75) is 11.8 Å². The van der Waals surface area contributed by atoms with E-state index in [1.807, 2.05) is 0 Å². The first-order valence-electron chi connectivity index (χ1n) is 7.46. The van der Waals surface area contributed by atoms with Crippen LogP contribution >= 0.6 is 0 Å². The second-order valence-corrected chi connectivity index (χ2v) is 6.88. The molecule has 1 aromatic heterocycles. The van der Waals surface area contributed by atoms with Gasteiger partial charge in [0.25, 0.3) is 10.0 Å². The third-order valence-corrected chi connectivity index (χ3v) is 5.33. The van der Waals surface area contributed by atoms with Crippen LogP contribution in [0.5, 0.6) is 0 Å². The van der Waals surface area contributed by atoms with Gasteiger partial charge in [0.1, 0.15) is 5.69 Å². The summed E-state index contributed by atoms with van der Waals surface area (Å²) in [6.07, 6.45) is 0.564. The summed E-state index contributed by atoms with van der Waals surface area (Å²) in [7, 11) is -2.71. The van der Waals surface area contributed by atoms with Crippen LogP contribution in [-0.4, -0.2) is 44.2 Å². The number of hydrogen-bond donors (Lipinski definition) is 2. The van der Waals surface area contributed by atoms with Crippen molar-refractivity contribution in [2.75, 3.05) is 23.3 Å². The molecule has 0 radical (unpaired) electrons. The number of carboxylic acid groups (broad SMARTS) is 1. The van der Waals surface area contributed by atoms with Crippen LogP contribution in [0.15, 0.2) is 47.5 Å². The molecule has 0 saturated heterocycles. The first-order valence-corrected chi connectivity index (χ1v) is 8.90. The Morgan fingerprint density at radius 1 is 1.23 bits per heavy atom. The van der Waals surface area contributed by atoms with Crippen molar-refractivity contribution >= 4 is 33.5 Å². The highest BCUT2D eigenvalue weighted by Crippen LogP contribution is 2.24. The van der Waals surface area contributed by atoms with Crippen molar-refractivity contribution in [3.63, 3.8) is 0 Å². The molecule has 2 aromatic rings. The molecule has 0 unspecified atom stereocenters. The zero-order valence-corrected chi connectivity index (χ0v) is 14.9. The van der Waals surface area contributed by atoms with Gasteiger partial charge in [-0.15, -0.1) is 0 Å². The van der Waals surface area contributed by atoms with E-state index in [-0.39, 0.29) is 22.8 Å². The molecule has 0 saturated carbocycles. The van der Waals surface area contributed by atoms with Crippen molar-refractivity contribution < 1.29 is 27.9 Å². The molecule has 0 atom stereocenters. The second kappa shape index (κ2) is 7.83. The van der Waals surface area contributed by atoms with Gasteiger partial charge in [-0.2, -0.15) is 0 Å². The number of hydrogen-bond acceptors (Lipinski definition) is 6. The third kappa shape index (κ3) is 4.09. The molecule has 1 heterocycles. The van der Waals surface area contributed by atoms with Crippen molar-refractivity contribution in [1.29, 1.82) is 0 Å². The van der Waals surface area contributed by atoms with Gasteiger partial charge in [0, 0.05) is 18.4 Å². The predicted octanol–water partition coefficient (Wildman–Crippen LogP) is 2.17. The van der Waals surface area contributed by atoms with E-state index in [9.17, 15) is 18.0 Å². The normalized spacial score (nSPS) is 10.8. The highest BCUT2D eigenvalue weighted by atomic mass is 32.2. The number of nitrogens with zero attached hydrogens (tertiary/aromatic N) is 2. The molecular weight excluding hydrogens is 362 g/mol. The second-order valence-electron chi connectivity index (χ2n) is 5.02. The Bertz CT molecular complexity index is 912. The van der Waals surface area contributed by atoms with Gasteiger partial charge in [-0.1, -0.05) is 0 Å². The van der Waals surface area contributed by atoms with E-state index < -0.39 is 22.1 Å². The number of amides is 1. The van der Waals surface area contributed by atoms with E-state index in [1.165, 1.54) is 49.7 Å². The van der Waals surface area contributed by atoms with Crippen LogP contribution in [0.2, 0.25) is 0 Å². The Morgan fingerprint density at radius 3 is 2.42 bits per heavy atom. The molecule has 26 heavy (non-hydrogen) atoms. The van der Waals surface area contributed by atoms with Gasteiger partial charge in [-0.05, 0) is 43.3 Å². The molecule has 10 heteroatoms. The largest absolute Gasteiger partial charge is 0.477 e. The van der Waals surface area contributed by atoms with Crippen molar-refractivity contribution in [1.82, 2.24) is 4.98 Å². The number of nitrogens with one attached hydrogen (secondary N) is 1. The number of pyridine rings is 1. The molecule has 9 nitrogen and oxygen atoms in total. The number of rotatable bonds is 6. The van der Waals surface area contributed by atoms with E-state index in [4.69, 9.17) is 5.11 Å². The monoisotopic (exact) mass is 379 g/mol. The lowest BCUT2D eigenvalue weighted by atomic mass is 10.3. The van der Waals surface area contributed by atoms with Crippen LogP contribution in [0.25, 0.3) is 0 Å². The minimum atomic E-state index is -3.93. The van der Waals surface area contributed by atoms with Gasteiger partial charge in [0.05, 0.1) is 17.7 Å². The molecule has 0 aliphatic carbocycles. The molecular formula is C16H17N3O6S. The van der Waals surface area contributed by atoms with Gasteiger partial charge in [-0.25, -0.2) is 23.0 Å². The summed E-state index contributed by atoms with van der Waals surface area (Å²) in [6.45, 7) is 1.72. The van der Waals surface area contributed by atoms with Crippen molar-refractivity contribution in [3.05, 3.63) is 48.3 Å². The van der Waals surface area contributed by atoms with Crippen LogP contribution in [0.3, 0.4) is 0 Å². The highest BCUT2D eigenvalue weighted by molar-refractivity contribution is 7.92. The smallest absolute Gasteiger partial charge is 0.411 e. The molecule has 0 spiro atoms. The quantitative estimate of drug-likeness (QED) is 0.787. The molecule has 1 amide bonds. The van der Waals surface area contributed by atoms with Crippen LogP contribution in [0.4, 0.5) is 16.2 Å². The van der Waals surface area contributed by atoms with Crippen LogP contribution in [0, 0.1) is 0 Å². The van der Waals surface area contributed by atoms with Gasteiger partial charge in [-0.3, -0.25) is 9.62 Å². The number of aromatic nitrogens is 1. The molecule has 2 N–H and O–H groups in total. The zero-order chi connectivity index (χ0) is 19.3. The van der Waals surface area contributed by atoms with Crippen LogP contribution < -0.4 is 9.62 Å². The molecule has 2 rings (SSSR count). The molecule has 1 aromatic carbocycles. The van der Waals surface area contributed by atoms with E-state index >= 15 is 0 Å². The van der Waals surface area contributed by atoms with Crippen LogP contribution in [0.1, 0.15) is 17.4 Å². The molecule has 0 aliphatic rings. The Hall–Kier alpha value is -3.14. The van der Waals surface area contributed by atoms with Gasteiger partial charge < -0.3 is 9.84 Å². The lowest BCUT2D eigenvalue weighted by Crippen LogP contribution is -2.31. The summed E-state index contributed by atoms with van der Waals surface area (Å²) in [6, 6.07) is 8.13. The average Bonchev–Trinajstić information content (AvgIpc) is 2.62.